The zero-order chi connectivity index (χ0) is 14.8. The molecule has 1 aromatic carbocycles. The normalized spacial score (nSPS) is 11.0. The Morgan fingerprint density at radius 2 is 1.86 bits per heavy atom. The predicted molar refractivity (Wildman–Crippen MR) is 81.9 cm³/mol. The van der Waals surface area contributed by atoms with Crippen molar-refractivity contribution in [1.82, 2.24) is 10.2 Å². The second-order valence-corrected chi connectivity index (χ2v) is 5.73. The van der Waals surface area contributed by atoms with E-state index in [0.717, 1.165) is 27.7 Å². The van der Waals surface area contributed by atoms with Gasteiger partial charge in [0.2, 0.25) is 5.89 Å². The van der Waals surface area contributed by atoms with Gasteiger partial charge in [-0.05, 0) is 44.2 Å². The number of furan rings is 1. The molecule has 21 heavy (non-hydrogen) atoms. The first kappa shape index (κ1) is 13.8. The molecule has 0 fully saturated rings. The van der Waals surface area contributed by atoms with Gasteiger partial charge in [-0.3, -0.25) is 0 Å². The molecule has 0 atom stereocenters. The average molecular weight is 301 g/mol. The maximum atomic E-state index is 5.68. The van der Waals surface area contributed by atoms with E-state index in [1.54, 1.807) is 11.8 Å². The lowest BCUT2D eigenvalue weighted by atomic mass is 10.2. The summed E-state index contributed by atoms with van der Waals surface area (Å²) in [7, 11) is 0. The number of hydrogen-bond acceptors (Lipinski definition) is 6. The van der Waals surface area contributed by atoms with Crippen LogP contribution in [-0.4, -0.2) is 10.2 Å². The summed E-state index contributed by atoms with van der Waals surface area (Å²) < 4.78 is 11.2. The SMILES string of the molecule is Cc1cc(-c2nnc(CSc3ccc(N)cc3)o2)c(C)o1. The van der Waals surface area contributed by atoms with E-state index in [1.807, 2.05) is 44.2 Å². The fraction of sp³-hybridized carbons (Fsp3) is 0.200. The van der Waals surface area contributed by atoms with Gasteiger partial charge in [0, 0.05) is 10.6 Å². The highest BCUT2D eigenvalue weighted by Gasteiger charge is 2.14. The van der Waals surface area contributed by atoms with Gasteiger partial charge >= 0.3 is 0 Å². The van der Waals surface area contributed by atoms with Crippen LogP contribution in [0.3, 0.4) is 0 Å². The van der Waals surface area contributed by atoms with Crippen molar-refractivity contribution >= 4 is 17.4 Å². The maximum Gasteiger partial charge on any atom is 0.251 e. The number of rotatable bonds is 4. The molecule has 5 nitrogen and oxygen atoms in total. The topological polar surface area (TPSA) is 78.1 Å². The van der Waals surface area contributed by atoms with Gasteiger partial charge in [-0.15, -0.1) is 22.0 Å². The van der Waals surface area contributed by atoms with Gasteiger partial charge in [-0.25, -0.2) is 0 Å². The van der Waals surface area contributed by atoms with E-state index in [-0.39, 0.29) is 0 Å². The molecule has 0 spiro atoms. The van der Waals surface area contributed by atoms with Crippen LogP contribution in [0.15, 0.2) is 44.1 Å². The number of aromatic nitrogens is 2. The number of thioether (sulfide) groups is 1. The minimum absolute atomic E-state index is 0.497. The monoisotopic (exact) mass is 301 g/mol. The quantitative estimate of drug-likeness (QED) is 0.583. The van der Waals surface area contributed by atoms with Crippen LogP contribution < -0.4 is 5.73 Å². The third-order valence-corrected chi connectivity index (χ3v) is 3.98. The summed E-state index contributed by atoms with van der Waals surface area (Å²) in [5.74, 6) is 3.32. The standard InChI is InChI=1S/C15H15N3O2S/c1-9-7-13(10(2)19-9)15-18-17-14(20-15)8-21-12-5-3-11(16)4-6-12/h3-7H,8,16H2,1-2H3. The maximum absolute atomic E-state index is 5.68. The largest absolute Gasteiger partial charge is 0.466 e. The van der Waals surface area contributed by atoms with Crippen molar-refractivity contribution in [2.75, 3.05) is 5.73 Å². The summed E-state index contributed by atoms with van der Waals surface area (Å²) >= 11 is 1.62. The molecule has 2 aromatic heterocycles. The molecular formula is C15H15N3O2S. The van der Waals surface area contributed by atoms with E-state index >= 15 is 0 Å². The zero-order valence-corrected chi connectivity index (χ0v) is 12.6. The van der Waals surface area contributed by atoms with Crippen LogP contribution in [0.1, 0.15) is 17.4 Å². The van der Waals surface area contributed by atoms with Crippen LogP contribution in [0.5, 0.6) is 0 Å². The van der Waals surface area contributed by atoms with Crippen LogP contribution in [0, 0.1) is 13.8 Å². The molecule has 2 N–H and O–H groups in total. The van der Waals surface area contributed by atoms with E-state index in [9.17, 15) is 0 Å². The highest BCUT2D eigenvalue weighted by atomic mass is 32.2. The molecule has 0 aliphatic rings. The van der Waals surface area contributed by atoms with Crippen LogP contribution in [0.4, 0.5) is 5.69 Å². The molecule has 0 saturated carbocycles. The molecule has 0 saturated heterocycles. The summed E-state index contributed by atoms with van der Waals surface area (Å²) in [6.07, 6.45) is 0. The fourth-order valence-electron chi connectivity index (χ4n) is 1.97. The summed E-state index contributed by atoms with van der Waals surface area (Å²) in [6, 6.07) is 9.60. The average Bonchev–Trinajstić information content (AvgIpc) is 3.04. The number of aryl methyl sites for hydroxylation is 2. The minimum atomic E-state index is 0.497. The molecule has 0 aliphatic carbocycles. The first-order valence-electron chi connectivity index (χ1n) is 6.50. The van der Waals surface area contributed by atoms with Crippen molar-refractivity contribution in [3.8, 4) is 11.5 Å². The predicted octanol–water partition coefficient (Wildman–Crippen LogP) is 3.82. The molecule has 108 valence electrons. The minimum Gasteiger partial charge on any atom is -0.466 e. The Labute approximate surface area is 126 Å². The lowest BCUT2D eigenvalue weighted by Gasteiger charge is -1.98. The Balaban J connectivity index is 1.70. The van der Waals surface area contributed by atoms with Crippen molar-refractivity contribution in [3.05, 3.63) is 47.7 Å². The third kappa shape index (κ3) is 3.11. The zero-order valence-electron chi connectivity index (χ0n) is 11.8. The highest BCUT2D eigenvalue weighted by Crippen LogP contribution is 2.28. The van der Waals surface area contributed by atoms with E-state index in [4.69, 9.17) is 14.6 Å². The van der Waals surface area contributed by atoms with Gasteiger partial charge in [0.15, 0.2) is 0 Å². The Morgan fingerprint density at radius 3 is 2.52 bits per heavy atom. The van der Waals surface area contributed by atoms with Gasteiger partial charge in [0.1, 0.15) is 11.5 Å². The first-order chi connectivity index (χ1) is 10.1. The molecule has 3 rings (SSSR count). The van der Waals surface area contributed by atoms with Crippen molar-refractivity contribution < 1.29 is 8.83 Å². The number of nitrogen functional groups attached to an aromatic ring is 1. The Bertz CT molecular complexity index is 747. The van der Waals surface area contributed by atoms with Crippen LogP contribution >= 0.6 is 11.8 Å². The van der Waals surface area contributed by atoms with E-state index in [0.29, 0.717) is 17.5 Å². The number of benzene rings is 1. The summed E-state index contributed by atoms with van der Waals surface area (Å²) in [4.78, 5) is 1.11. The molecule has 0 unspecified atom stereocenters. The Morgan fingerprint density at radius 1 is 1.10 bits per heavy atom. The second kappa shape index (κ2) is 5.65. The van der Waals surface area contributed by atoms with E-state index < -0.39 is 0 Å². The van der Waals surface area contributed by atoms with Crippen molar-refractivity contribution in [2.24, 2.45) is 0 Å². The van der Waals surface area contributed by atoms with Crippen molar-refractivity contribution in [3.63, 3.8) is 0 Å². The molecule has 6 heteroatoms. The summed E-state index contributed by atoms with van der Waals surface area (Å²) in [5, 5.41) is 8.15. The third-order valence-electron chi connectivity index (χ3n) is 2.98. The molecular weight excluding hydrogens is 286 g/mol. The second-order valence-electron chi connectivity index (χ2n) is 4.69. The fourth-order valence-corrected chi connectivity index (χ4v) is 2.71. The van der Waals surface area contributed by atoms with Crippen LogP contribution in [0.25, 0.3) is 11.5 Å². The molecule has 0 aliphatic heterocycles. The van der Waals surface area contributed by atoms with Gasteiger partial charge in [0.05, 0.1) is 11.3 Å². The van der Waals surface area contributed by atoms with E-state index in [1.165, 1.54) is 0 Å². The van der Waals surface area contributed by atoms with E-state index in [2.05, 4.69) is 10.2 Å². The number of hydrogen-bond donors (Lipinski definition) is 1. The van der Waals surface area contributed by atoms with Crippen molar-refractivity contribution in [1.29, 1.82) is 0 Å². The molecule has 0 radical (unpaired) electrons. The lowest BCUT2D eigenvalue weighted by Crippen LogP contribution is -1.84. The first-order valence-corrected chi connectivity index (χ1v) is 7.48. The Kier molecular flexibility index (Phi) is 3.70. The van der Waals surface area contributed by atoms with Gasteiger partial charge < -0.3 is 14.6 Å². The smallest absolute Gasteiger partial charge is 0.251 e. The Hall–Kier alpha value is -2.21. The number of anilines is 1. The number of nitrogens with two attached hydrogens (primary N) is 1. The molecule has 0 bridgehead atoms. The molecule has 3 aromatic rings. The summed E-state index contributed by atoms with van der Waals surface area (Å²) in [5.41, 5.74) is 7.26. The van der Waals surface area contributed by atoms with Gasteiger partial charge in [-0.2, -0.15) is 0 Å². The van der Waals surface area contributed by atoms with Crippen LogP contribution in [-0.2, 0) is 5.75 Å². The summed E-state index contributed by atoms with van der Waals surface area (Å²) in [6.45, 7) is 3.78. The highest BCUT2D eigenvalue weighted by molar-refractivity contribution is 7.98. The van der Waals surface area contributed by atoms with Gasteiger partial charge in [0.25, 0.3) is 5.89 Å². The lowest BCUT2D eigenvalue weighted by molar-refractivity contribution is 0.499. The van der Waals surface area contributed by atoms with Crippen LogP contribution in [0.2, 0.25) is 0 Å². The molecule has 2 heterocycles. The molecule has 0 amide bonds. The van der Waals surface area contributed by atoms with Crippen molar-refractivity contribution in [2.45, 2.75) is 24.5 Å². The van der Waals surface area contributed by atoms with Gasteiger partial charge in [-0.1, -0.05) is 0 Å². The number of nitrogens with zero attached hydrogens (tertiary/aromatic N) is 2.